The number of carbonyl (C=O) groups excluding carboxylic acids is 1. The van der Waals surface area contributed by atoms with Crippen molar-refractivity contribution in [1.29, 1.82) is 0 Å². The number of nitrogens with one attached hydrogen (secondary N) is 1. The Morgan fingerprint density at radius 1 is 1.34 bits per heavy atom. The number of hydrogen-bond acceptors (Lipinski definition) is 5. The molecule has 29 heavy (non-hydrogen) atoms. The van der Waals surface area contributed by atoms with Gasteiger partial charge in [0.1, 0.15) is 0 Å². The number of nitrogens with zero attached hydrogens (tertiary/aromatic N) is 2. The number of ether oxygens (including phenoxy) is 1. The molecule has 1 fully saturated rings. The molecule has 0 spiro atoms. The van der Waals surface area contributed by atoms with Crippen molar-refractivity contribution in [2.45, 2.75) is 83.7 Å². The van der Waals surface area contributed by atoms with Crippen molar-refractivity contribution < 1.29 is 18.3 Å². The lowest BCUT2D eigenvalue weighted by Crippen LogP contribution is -2.38. The molecule has 1 N–H and O–H groups in total. The smallest absolute Gasteiger partial charge is 0.273 e. The monoisotopic (exact) mass is 429 g/mol. The minimum atomic E-state index is -2.47. The van der Waals surface area contributed by atoms with Gasteiger partial charge < -0.3 is 10.1 Å². The second-order valence-corrected chi connectivity index (χ2v) is 9.30. The molecule has 2 heterocycles. The molecule has 0 radical (unpaired) electrons. The van der Waals surface area contributed by atoms with E-state index in [9.17, 15) is 13.6 Å². The number of amides is 1. The molecule has 8 heteroatoms. The summed E-state index contributed by atoms with van der Waals surface area (Å²) in [5.74, 6) is 0.931. The Morgan fingerprint density at radius 3 is 2.86 bits per heavy atom. The molecule has 5 nitrogen and oxygen atoms in total. The molecule has 0 saturated heterocycles. The van der Waals surface area contributed by atoms with Crippen molar-refractivity contribution in [1.82, 2.24) is 15.2 Å². The molecule has 1 saturated carbocycles. The lowest BCUT2D eigenvalue weighted by atomic mass is 9.84. The summed E-state index contributed by atoms with van der Waals surface area (Å²) in [6, 6.07) is 0.356. The maximum absolute atomic E-state index is 12.3. The zero-order valence-electron chi connectivity index (χ0n) is 17.3. The highest BCUT2D eigenvalue weighted by Gasteiger charge is 2.25. The van der Waals surface area contributed by atoms with Gasteiger partial charge in [0.15, 0.2) is 6.61 Å². The van der Waals surface area contributed by atoms with Gasteiger partial charge in [0, 0.05) is 30.4 Å². The van der Waals surface area contributed by atoms with E-state index >= 15 is 0 Å². The first-order valence-corrected chi connectivity index (χ1v) is 11.8. The average Bonchev–Trinajstić information content (AvgIpc) is 3.12. The molecule has 1 aromatic rings. The third kappa shape index (κ3) is 7.17. The first-order valence-electron chi connectivity index (χ1n) is 10.9. The second kappa shape index (κ2) is 11.2. The minimum Gasteiger partial charge on any atom is -0.464 e. The van der Waals surface area contributed by atoms with Gasteiger partial charge in [-0.2, -0.15) is 0 Å². The standard InChI is InChI=1S/C21H33F2N3O2S/c1-2-3-4-20(27)24-16-7-5-15(6-8-16)9-11-26-12-10-18-17(13-26)25-21(29-18)28-14-19(22)23/h15-16,19H,2-14H2,1H3,(H,24,27). The Morgan fingerprint density at radius 2 is 2.14 bits per heavy atom. The summed E-state index contributed by atoms with van der Waals surface area (Å²) in [7, 11) is 0. The SMILES string of the molecule is CCCCC(=O)NC1CCC(CCN2CCc3sc(OCC(F)F)nc3C2)CC1. The highest BCUT2D eigenvalue weighted by atomic mass is 32.1. The van der Waals surface area contributed by atoms with E-state index in [2.05, 4.69) is 22.1 Å². The fourth-order valence-electron chi connectivity index (χ4n) is 4.21. The molecule has 0 atom stereocenters. The maximum Gasteiger partial charge on any atom is 0.273 e. The van der Waals surface area contributed by atoms with Crippen LogP contribution in [0.1, 0.15) is 68.9 Å². The minimum absolute atomic E-state index is 0.208. The topological polar surface area (TPSA) is 54.5 Å². The van der Waals surface area contributed by atoms with Crippen molar-refractivity contribution in [2.24, 2.45) is 5.92 Å². The fraction of sp³-hybridized carbons (Fsp3) is 0.810. The zero-order chi connectivity index (χ0) is 20.6. The van der Waals surface area contributed by atoms with Gasteiger partial charge in [-0.3, -0.25) is 9.69 Å². The van der Waals surface area contributed by atoms with Crippen LogP contribution in [0.4, 0.5) is 8.78 Å². The average molecular weight is 430 g/mol. The molecule has 0 aromatic carbocycles. The van der Waals surface area contributed by atoms with Crippen molar-refractivity contribution in [3.63, 3.8) is 0 Å². The van der Waals surface area contributed by atoms with Gasteiger partial charge in [0.25, 0.3) is 11.6 Å². The first-order chi connectivity index (χ1) is 14.0. The number of halogens is 2. The van der Waals surface area contributed by atoms with Crippen molar-refractivity contribution in [3.8, 4) is 5.19 Å². The molecule has 0 unspecified atom stereocenters. The zero-order valence-corrected chi connectivity index (χ0v) is 18.1. The first kappa shape index (κ1) is 22.4. The van der Waals surface area contributed by atoms with Gasteiger partial charge in [0.05, 0.1) is 5.69 Å². The summed E-state index contributed by atoms with van der Waals surface area (Å²) in [5, 5.41) is 3.57. The van der Waals surface area contributed by atoms with Crippen molar-refractivity contribution in [3.05, 3.63) is 10.6 Å². The molecule has 1 aliphatic carbocycles. The van der Waals surface area contributed by atoms with E-state index in [1.54, 1.807) is 0 Å². The lowest BCUT2D eigenvalue weighted by Gasteiger charge is -2.32. The van der Waals surface area contributed by atoms with Crippen LogP contribution in [0.2, 0.25) is 0 Å². The predicted molar refractivity (Wildman–Crippen MR) is 111 cm³/mol. The van der Waals surface area contributed by atoms with Crippen molar-refractivity contribution in [2.75, 3.05) is 19.7 Å². The predicted octanol–water partition coefficient (Wildman–Crippen LogP) is 4.40. The van der Waals surface area contributed by atoms with Gasteiger partial charge in [-0.1, -0.05) is 24.7 Å². The van der Waals surface area contributed by atoms with E-state index in [-0.39, 0.29) is 5.91 Å². The number of carbonyl (C=O) groups is 1. The van der Waals surface area contributed by atoms with Gasteiger partial charge in [-0.15, -0.1) is 0 Å². The van der Waals surface area contributed by atoms with Crippen LogP contribution in [0, 0.1) is 5.92 Å². The number of alkyl halides is 2. The second-order valence-electron chi connectivity index (χ2n) is 8.26. The van der Waals surface area contributed by atoms with E-state index in [0.29, 0.717) is 17.7 Å². The van der Waals surface area contributed by atoms with Crippen LogP contribution >= 0.6 is 11.3 Å². The summed E-state index contributed by atoms with van der Waals surface area (Å²) >= 11 is 1.41. The van der Waals surface area contributed by atoms with Crippen LogP contribution in [-0.4, -0.2) is 48.0 Å². The highest BCUT2D eigenvalue weighted by molar-refractivity contribution is 7.13. The van der Waals surface area contributed by atoms with Crippen LogP contribution in [0.3, 0.4) is 0 Å². The number of fused-ring (bicyclic) bond motifs is 1. The van der Waals surface area contributed by atoms with Gasteiger partial charge in [-0.05, 0) is 57.4 Å². The van der Waals surface area contributed by atoms with E-state index in [1.165, 1.54) is 35.5 Å². The number of thiazole rings is 1. The molecule has 3 rings (SSSR count). The third-order valence-electron chi connectivity index (χ3n) is 5.94. The van der Waals surface area contributed by atoms with Crippen LogP contribution < -0.4 is 10.1 Å². The number of unbranched alkanes of at least 4 members (excludes halogenated alkanes) is 1. The Balaban J connectivity index is 1.35. The van der Waals surface area contributed by atoms with E-state index in [0.717, 1.165) is 63.4 Å². The molecule has 164 valence electrons. The molecule has 1 aliphatic heterocycles. The van der Waals surface area contributed by atoms with Crippen LogP contribution in [-0.2, 0) is 17.8 Å². The molecule has 1 amide bonds. The highest BCUT2D eigenvalue weighted by Crippen LogP contribution is 2.31. The Kier molecular flexibility index (Phi) is 8.66. The van der Waals surface area contributed by atoms with Crippen LogP contribution in [0.5, 0.6) is 5.19 Å². The molecule has 1 aromatic heterocycles. The summed E-state index contributed by atoms with van der Waals surface area (Å²) in [6.07, 6.45) is 6.84. The number of aromatic nitrogens is 1. The summed E-state index contributed by atoms with van der Waals surface area (Å²) < 4.78 is 29.7. The summed E-state index contributed by atoms with van der Waals surface area (Å²) in [5.41, 5.74) is 0.990. The maximum atomic E-state index is 12.3. The number of rotatable bonds is 10. The van der Waals surface area contributed by atoms with Gasteiger partial charge in [-0.25, -0.2) is 13.8 Å². The van der Waals surface area contributed by atoms with E-state index in [1.807, 2.05) is 0 Å². The molecular formula is C21H33F2N3O2S. The van der Waals surface area contributed by atoms with Crippen molar-refractivity contribution >= 4 is 17.2 Å². The Hall–Kier alpha value is -1.28. The van der Waals surface area contributed by atoms with Crippen LogP contribution in [0.25, 0.3) is 0 Å². The normalized spacial score (nSPS) is 22.5. The third-order valence-corrected chi connectivity index (χ3v) is 7.01. The molecule has 0 bridgehead atoms. The molecular weight excluding hydrogens is 396 g/mol. The Bertz CT molecular complexity index is 648. The summed E-state index contributed by atoms with van der Waals surface area (Å²) in [6.45, 7) is 4.34. The largest absolute Gasteiger partial charge is 0.464 e. The van der Waals surface area contributed by atoms with Gasteiger partial charge >= 0.3 is 0 Å². The van der Waals surface area contributed by atoms with E-state index < -0.39 is 13.0 Å². The Labute approximate surface area is 176 Å². The number of hydrogen-bond donors (Lipinski definition) is 1. The van der Waals surface area contributed by atoms with E-state index in [4.69, 9.17) is 4.74 Å². The molecule has 2 aliphatic rings. The van der Waals surface area contributed by atoms with Gasteiger partial charge in [0.2, 0.25) is 5.91 Å². The lowest BCUT2D eigenvalue weighted by molar-refractivity contribution is -0.122. The fourth-order valence-corrected chi connectivity index (χ4v) is 5.13. The van der Waals surface area contributed by atoms with Crippen LogP contribution in [0.15, 0.2) is 0 Å². The quantitative estimate of drug-likeness (QED) is 0.599. The summed E-state index contributed by atoms with van der Waals surface area (Å²) in [4.78, 5) is 19.9.